The zero-order chi connectivity index (χ0) is 22.0. The number of aromatic nitrogens is 3. The Morgan fingerprint density at radius 1 is 1.16 bits per heavy atom. The van der Waals surface area contributed by atoms with E-state index in [0.717, 1.165) is 17.3 Å². The number of rotatable bonds is 6. The van der Waals surface area contributed by atoms with E-state index in [2.05, 4.69) is 20.3 Å². The summed E-state index contributed by atoms with van der Waals surface area (Å²) in [6.45, 7) is 0.144. The van der Waals surface area contributed by atoms with Crippen molar-refractivity contribution in [3.63, 3.8) is 0 Å². The predicted octanol–water partition coefficient (Wildman–Crippen LogP) is 2.86. The van der Waals surface area contributed by atoms with Gasteiger partial charge in [0.25, 0.3) is 5.91 Å². The van der Waals surface area contributed by atoms with Crippen LogP contribution in [-0.2, 0) is 6.54 Å². The van der Waals surface area contributed by atoms with Crippen LogP contribution in [-0.4, -0.2) is 26.8 Å². The first-order valence-corrected chi connectivity index (χ1v) is 9.97. The molecule has 0 fully saturated rings. The van der Waals surface area contributed by atoms with Crippen molar-refractivity contribution in [1.82, 2.24) is 20.3 Å². The molecule has 0 aliphatic carbocycles. The number of aromatic amines is 1. The maximum absolute atomic E-state index is 13.8. The van der Waals surface area contributed by atoms with E-state index < -0.39 is 11.8 Å². The number of nitrogens with two attached hydrogens (primary N) is 2. The van der Waals surface area contributed by atoms with Crippen molar-refractivity contribution in [3.8, 4) is 0 Å². The lowest BCUT2D eigenvalue weighted by Gasteiger charge is -2.09. The zero-order valence-electron chi connectivity index (χ0n) is 16.1. The smallest absolute Gasteiger partial charge is 0.274 e. The Bertz CT molecular complexity index is 1310. The van der Waals surface area contributed by atoms with E-state index >= 15 is 0 Å². The van der Waals surface area contributed by atoms with Gasteiger partial charge in [0.05, 0.1) is 17.3 Å². The van der Waals surface area contributed by atoms with Crippen molar-refractivity contribution in [2.75, 3.05) is 5.73 Å². The molecule has 0 aliphatic rings. The van der Waals surface area contributed by atoms with Crippen LogP contribution < -0.4 is 16.8 Å². The highest BCUT2D eigenvalue weighted by atomic mass is 32.2. The summed E-state index contributed by atoms with van der Waals surface area (Å²) in [5.74, 6) is -1.50. The number of H-pyrrole nitrogens is 1. The van der Waals surface area contributed by atoms with Gasteiger partial charge in [-0.25, -0.2) is 14.4 Å². The fourth-order valence-electron chi connectivity index (χ4n) is 3.05. The summed E-state index contributed by atoms with van der Waals surface area (Å²) in [5.41, 5.74) is 12.6. The highest BCUT2D eigenvalue weighted by Crippen LogP contribution is 2.29. The summed E-state index contributed by atoms with van der Waals surface area (Å²) in [6.07, 6.45) is 3.05. The Morgan fingerprint density at radius 2 is 1.97 bits per heavy atom. The van der Waals surface area contributed by atoms with Crippen molar-refractivity contribution in [1.29, 1.82) is 0 Å². The maximum atomic E-state index is 13.8. The number of benzene rings is 2. The topological polar surface area (TPSA) is 140 Å². The first-order chi connectivity index (χ1) is 14.9. The quantitative estimate of drug-likeness (QED) is 0.366. The molecular formula is C21H17FN6O2S. The standard InChI is InChI=1S/C21H17FN6O2S/c22-14-6-3-5-12-11(8-25-17(12)14)9-27-21(30)18-19(23)26-10-16(28-18)31-15-7-2-1-4-13(15)20(24)29/h1-8,10,25H,9H2,(H2,23,26)(H2,24,29)(H,27,30). The summed E-state index contributed by atoms with van der Waals surface area (Å²) >= 11 is 1.15. The molecule has 0 saturated heterocycles. The number of carbonyl (C=O) groups is 2. The number of nitrogens with zero attached hydrogens (tertiary/aromatic N) is 2. The second-order valence-corrected chi connectivity index (χ2v) is 7.63. The largest absolute Gasteiger partial charge is 0.382 e. The van der Waals surface area contributed by atoms with Gasteiger partial charge in [0.1, 0.15) is 10.8 Å². The molecule has 156 valence electrons. The molecule has 0 bridgehead atoms. The van der Waals surface area contributed by atoms with E-state index in [9.17, 15) is 14.0 Å². The number of halogens is 1. The number of amides is 2. The average molecular weight is 436 g/mol. The average Bonchev–Trinajstić information content (AvgIpc) is 3.18. The summed E-state index contributed by atoms with van der Waals surface area (Å²) in [6, 6.07) is 11.5. The van der Waals surface area contributed by atoms with Gasteiger partial charge in [0.2, 0.25) is 5.91 Å². The summed E-state index contributed by atoms with van der Waals surface area (Å²) in [4.78, 5) is 36.1. The molecule has 0 saturated carbocycles. The van der Waals surface area contributed by atoms with Crippen LogP contribution in [0.5, 0.6) is 0 Å². The third-order valence-corrected chi connectivity index (χ3v) is 5.53. The van der Waals surface area contributed by atoms with Gasteiger partial charge in [-0.3, -0.25) is 9.59 Å². The van der Waals surface area contributed by atoms with Gasteiger partial charge in [-0.2, -0.15) is 0 Å². The van der Waals surface area contributed by atoms with E-state index in [1.165, 1.54) is 12.3 Å². The monoisotopic (exact) mass is 436 g/mol. The second kappa shape index (κ2) is 8.44. The maximum Gasteiger partial charge on any atom is 0.274 e. The summed E-state index contributed by atoms with van der Waals surface area (Å²) in [5, 5.41) is 3.78. The van der Waals surface area contributed by atoms with Crippen LogP contribution in [0.1, 0.15) is 26.4 Å². The lowest BCUT2D eigenvalue weighted by molar-refractivity contribution is 0.0944. The van der Waals surface area contributed by atoms with Gasteiger partial charge in [-0.15, -0.1) is 0 Å². The Balaban J connectivity index is 1.53. The van der Waals surface area contributed by atoms with Crippen molar-refractivity contribution >= 4 is 40.3 Å². The molecular weight excluding hydrogens is 419 g/mol. The second-order valence-electron chi connectivity index (χ2n) is 6.56. The van der Waals surface area contributed by atoms with E-state index in [4.69, 9.17) is 11.5 Å². The van der Waals surface area contributed by atoms with Crippen molar-refractivity contribution in [2.24, 2.45) is 5.73 Å². The van der Waals surface area contributed by atoms with Gasteiger partial charge in [0, 0.05) is 23.0 Å². The molecule has 4 aromatic rings. The molecule has 0 spiro atoms. The van der Waals surface area contributed by atoms with Gasteiger partial charge in [-0.05, 0) is 23.8 Å². The Labute approximate surface area is 180 Å². The minimum atomic E-state index is -0.570. The highest BCUT2D eigenvalue weighted by Gasteiger charge is 2.17. The third-order valence-electron chi connectivity index (χ3n) is 4.55. The molecule has 2 amide bonds. The molecule has 8 nitrogen and oxygen atoms in total. The van der Waals surface area contributed by atoms with Crippen LogP contribution in [0.15, 0.2) is 64.8 Å². The number of nitrogens with one attached hydrogen (secondary N) is 2. The van der Waals surface area contributed by atoms with E-state index in [0.29, 0.717) is 26.4 Å². The van der Waals surface area contributed by atoms with Gasteiger partial charge in [-0.1, -0.05) is 36.0 Å². The molecule has 31 heavy (non-hydrogen) atoms. The van der Waals surface area contributed by atoms with Crippen LogP contribution >= 0.6 is 11.8 Å². The lowest BCUT2D eigenvalue weighted by atomic mass is 10.1. The molecule has 10 heteroatoms. The predicted molar refractivity (Wildman–Crippen MR) is 115 cm³/mol. The number of nitrogen functional groups attached to an aromatic ring is 1. The first-order valence-electron chi connectivity index (χ1n) is 9.16. The van der Waals surface area contributed by atoms with Gasteiger partial charge < -0.3 is 21.8 Å². The van der Waals surface area contributed by atoms with E-state index in [1.807, 2.05) is 0 Å². The fraction of sp³-hybridized carbons (Fsp3) is 0.0476. The van der Waals surface area contributed by atoms with Crippen LogP contribution in [0, 0.1) is 5.82 Å². The Kier molecular flexibility index (Phi) is 5.54. The summed E-state index contributed by atoms with van der Waals surface area (Å²) < 4.78 is 13.8. The first kappa shape index (κ1) is 20.4. The number of anilines is 1. The van der Waals surface area contributed by atoms with Crippen LogP contribution in [0.2, 0.25) is 0 Å². The lowest BCUT2D eigenvalue weighted by Crippen LogP contribution is -2.25. The molecule has 4 rings (SSSR count). The van der Waals surface area contributed by atoms with Crippen molar-refractivity contribution < 1.29 is 14.0 Å². The fourth-order valence-corrected chi connectivity index (χ4v) is 3.94. The number of carbonyl (C=O) groups excluding carboxylic acids is 2. The Morgan fingerprint density at radius 3 is 2.77 bits per heavy atom. The highest BCUT2D eigenvalue weighted by molar-refractivity contribution is 7.99. The minimum Gasteiger partial charge on any atom is -0.382 e. The number of hydrogen-bond acceptors (Lipinski definition) is 6. The Hall–Kier alpha value is -3.92. The molecule has 2 aromatic heterocycles. The number of hydrogen-bond donors (Lipinski definition) is 4. The zero-order valence-corrected chi connectivity index (χ0v) is 16.9. The van der Waals surface area contributed by atoms with E-state index in [1.54, 1.807) is 42.6 Å². The number of fused-ring (bicyclic) bond motifs is 1. The molecule has 0 radical (unpaired) electrons. The molecule has 2 aromatic carbocycles. The number of para-hydroxylation sites is 1. The molecule has 0 atom stereocenters. The van der Waals surface area contributed by atoms with Gasteiger partial charge in [0.15, 0.2) is 11.5 Å². The van der Waals surface area contributed by atoms with Crippen molar-refractivity contribution in [2.45, 2.75) is 16.5 Å². The third kappa shape index (κ3) is 4.19. The van der Waals surface area contributed by atoms with E-state index in [-0.39, 0.29) is 23.9 Å². The molecule has 0 unspecified atom stereocenters. The molecule has 2 heterocycles. The minimum absolute atomic E-state index is 0.0324. The molecule has 6 N–H and O–H groups in total. The normalized spacial score (nSPS) is 10.9. The SMILES string of the molecule is NC(=O)c1ccccc1Sc1cnc(N)c(C(=O)NCc2c[nH]c3c(F)cccc23)n1. The van der Waals surface area contributed by atoms with Crippen LogP contribution in [0.4, 0.5) is 10.2 Å². The number of primary amides is 1. The van der Waals surface area contributed by atoms with Crippen LogP contribution in [0.3, 0.4) is 0 Å². The van der Waals surface area contributed by atoms with Crippen molar-refractivity contribution in [3.05, 3.63) is 77.5 Å². The molecule has 0 aliphatic heterocycles. The van der Waals surface area contributed by atoms with Crippen LogP contribution in [0.25, 0.3) is 10.9 Å². The van der Waals surface area contributed by atoms with Gasteiger partial charge >= 0.3 is 0 Å². The summed E-state index contributed by atoms with van der Waals surface area (Å²) in [7, 11) is 0.